The molecule has 1 amide bonds. The number of benzene rings is 1. The number of hydrogen-bond acceptors (Lipinski definition) is 2. The van der Waals surface area contributed by atoms with E-state index >= 15 is 0 Å². The Hall–Kier alpha value is -2.36. The van der Waals surface area contributed by atoms with E-state index in [1.54, 1.807) is 19.3 Å². The van der Waals surface area contributed by atoms with E-state index in [1.807, 2.05) is 30.0 Å². The van der Waals surface area contributed by atoms with Crippen LogP contribution in [-0.4, -0.2) is 16.5 Å². The standard InChI is InChI=1S/C16H16N2O2/c1-11-9-12-5-3-4-6-14(12)18(11)16(20)13-7-8-15(19)17(2)10-13/h3-8,10-11H,9H2,1-2H3. The molecule has 0 radical (unpaired) electrons. The molecule has 1 aliphatic heterocycles. The maximum atomic E-state index is 12.7. The maximum absolute atomic E-state index is 12.7. The molecule has 2 aromatic rings. The lowest BCUT2D eigenvalue weighted by Gasteiger charge is -2.22. The van der Waals surface area contributed by atoms with Crippen molar-refractivity contribution in [1.82, 2.24) is 4.57 Å². The first kappa shape index (κ1) is 12.7. The number of aromatic nitrogens is 1. The Bertz CT molecular complexity index is 733. The van der Waals surface area contributed by atoms with Crippen LogP contribution in [0, 0.1) is 0 Å². The zero-order chi connectivity index (χ0) is 14.3. The van der Waals surface area contributed by atoms with Crippen molar-refractivity contribution in [2.24, 2.45) is 7.05 Å². The third kappa shape index (κ3) is 1.93. The molecule has 1 unspecified atom stereocenters. The van der Waals surface area contributed by atoms with Gasteiger partial charge in [-0.2, -0.15) is 0 Å². The monoisotopic (exact) mass is 268 g/mol. The van der Waals surface area contributed by atoms with E-state index in [4.69, 9.17) is 0 Å². The molecule has 1 aromatic heterocycles. The summed E-state index contributed by atoms with van der Waals surface area (Å²) >= 11 is 0. The molecule has 1 aromatic carbocycles. The Kier molecular flexibility index (Phi) is 2.93. The van der Waals surface area contributed by atoms with Crippen LogP contribution in [0.15, 0.2) is 47.4 Å². The number of anilines is 1. The Labute approximate surface area is 117 Å². The van der Waals surface area contributed by atoms with Gasteiger partial charge in [0.05, 0.1) is 5.56 Å². The van der Waals surface area contributed by atoms with Crippen LogP contribution in [0.4, 0.5) is 5.69 Å². The Morgan fingerprint density at radius 1 is 1.20 bits per heavy atom. The van der Waals surface area contributed by atoms with Gasteiger partial charge in [-0.1, -0.05) is 18.2 Å². The fraction of sp³-hybridized carbons (Fsp3) is 0.250. The summed E-state index contributed by atoms with van der Waals surface area (Å²) in [6.07, 6.45) is 2.46. The second-order valence-corrected chi connectivity index (χ2v) is 5.22. The van der Waals surface area contributed by atoms with Crippen molar-refractivity contribution >= 4 is 11.6 Å². The normalized spacial score (nSPS) is 17.1. The predicted octanol–water partition coefficient (Wildman–Crippen LogP) is 1.98. The van der Waals surface area contributed by atoms with Crippen LogP contribution in [0.1, 0.15) is 22.8 Å². The number of amides is 1. The zero-order valence-electron chi connectivity index (χ0n) is 11.5. The number of hydrogen-bond donors (Lipinski definition) is 0. The molecule has 4 nitrogen and oxygen atoms in total. The van der Waals surface area contributed by atoms with Gasteiger partial charge in [0.1, 0.15) is 0 Å². The van der Waals surface area contributed by atoms with Gasteiger partial charge in [-0.3, -0.25) is 9.59 Å². The van der Waals surface area contributed by atoms with Crippen LogP contribution in [-0.2, 0) is 13.5 Å². The number of carbonyl (C=O) groups is 1. The lowest BCUT2D eigenvalue weighted by atomic mass is 10.1. The van der Waals surface area contributed by atoms with Crippen LogP contribution in [0.2, 0.25) is 0 Å². The van der Waals surface area contributed by atoms with E-state index in [1.165, 1.54) is 16.2 Å². The van der Waals surface area contributed by atoms with Crippen LogP contribution in [0.3, 0.4) is 0 Å². The molecule has 0 spiro atoms. The van der Waals surface area contributed by atoms with Gasteiger partial charge in [-0.05, 0) is 31.0 Å². The lowest BCUT2D eigenvalue weighted by Crippen LogP contribution is -2.36. The molecule has 0 N–H and O–H groups in total. The van der Waals surface area contributed by atoms with Crippen LogP contribution < -0.4 is 10.5 Å². The van der Waals surface area contributed by atoms with Gasteiger partial charge < -0.3 is 9.47 Å². The molecule has 0 bridgehead atoms. The first-order chi connectivity index (χ1) is 9.58. The van der Waals surface area contributed by atoms with E-state index in [2.05, 4.69) is 6.07 Å². The molecule has 0 fully saturated rings. The molecule has 4 heteroatoms. The van der Waals surface area contributed by atoms with Gasteiger partial charge in [0, 0.05) is 31.0 Å². The second-order valence-electron chi connectivity index (χ2n) is 5.22. The fourth-order valence-corrected chi connectivity index (χ4v) is 2.73. The summed E-state index contributed by atoms with van der Waals surface area (Å²) in [4.78, 5) is 25.9. The lowest BCUT2D eigenvalue weighted by molar-refractivity contribution is 0.0980. The van der Waals surface area contributed by atoms with Crippen molar-refractivity contribution < 1.29 is 4.79 Å². The van der Waals surface area contributed by atoms with Crippen molar-refractivity contribution in [3.8, 4) is 0 Å². The van der Waals surface area contributed by atoms with Crippen LogP contribution in [0.25, 0.3) is 0 Å². The molecule has 3 rings (SSSR count). The highest BCUT2D eigenvalue weighted by molar-refractivity contribution is 6.07. The largest absolute Gasteiger partial charge is 0.318 e. The molecule has 20 heavy (non-hydrogen) atoms. The summed E-state index contributed by atoms with van der Waals surface area (Å²) in [5, 5.41) is 0. The minimum atomic E-state index is -0.114. The Morgan fingerprint density at radius 3 is 2.70 bits per heavy atom. The number of para-hydroxylation sites is 1. The average molecular weight is 268 g/mol. The number of fused-ring (bicyclic) bond motifs is 1. The average Bonchev–Trinajstić information content (AvgIpc) is 2.77. The molecule has 2 heterocycles. The summed E-state index contributed by atoms with van der Waals surface area (Å²) in [7, 11) is 1.65. The number of pyridine rings is 1. The second kappa shape index (κ2) is 4.63. The molecular formula is C16H16N2O2. The van der Waals surface area contributed by atoms with Gasteiger partial charge >= 0.3 is 0 Å². The van der Waals surface area contributed by atoms with E-state index in [0.717, 1.165) is 12.1 Å². The third-order valence-electron chi connectivity index (χ3n) is 3.76. The summed E-state index contributed by atoms with van der Waals surface area (Å²) < 4.78 is 1.43. The first-order valence-electron chi connectivity index (χ1n) is 6.66. The molecular weight excluding hydrogens is 252 g/mol. The molecule has 0 saturated carbocycles. The van der Waals surface area contributed by atoms with Gasteiger partial charge in [-0.15, -0.1) is 0 Å². The van der Waals surface area contributed by atoms with Crippen molar-refractivity contribution in [2.45, 2.75) is 19.4 Å². The molecule has 0 saturated heterocycles. The van der Waals surface area contributed by atoms with Crippen LogP contribution >= 0.6 is 0 Å². The highest BCUT2D eigenvalue weighted by atomic mass is 16.2. The topological polar surface area (TPSA) is 42.3 Å². The Balaban J connectivity index is 2.02. The SMILES string of the molecule is CC1Cc2ccccc2N1C(=O)c1ccc(=O)n(C)c1. The fourth-order valence-electron chi connectivity index (χ4n) is 2.73. The third-order valence-corrected chi connectivity index (χ3v) is 3.76. The van der Waals surface area contributed by atoms with Crippen molar-refractivity contribution in [2.75, 3.05) is 4.90 Å². The molecule has 1 aliphatic rings. The number of carbonyl (C=O) groups excluding carboxylic acids is 1. The van der Waals surface area contributed by atoms with E-state index in [0.29, 0.717) is 5.56 Å². The Morgan fingerprint density at radius 2 is 1.95 bits per heavy atom. The summed E-state index contributed by atoms with van der Waals surface area (Å²) in [5.41, 5.74) is 2.59. The molecule has 1 atom stereocenters. The quantitative estimate of drug-likeness (QED) is 0.793. The van der Waals surface area contributed by atoms with Gasteiger partial charge in [0.25, 0.3) is 5.91 Å². The summed E-state index contributed by atoms with van der Waals surface area (Å²) in [6.45, 7) is 2.04. The maximum Gasteiger partial charge on any atom is 0.260 e. The molecule has 0 aliphatic carbocycles. The zero-order valence-corrected chi connectivity index (χ0v) is 11.5. The van der Waals surface area contributed by atoms with E-state index in [9.17, 15) is 9.59 Å². The van der Waals surface area contributed by atoms with E-state index in [-0.39, 0.29) is 17.5 Å². The first-order valence-corrected chi connectivity index (χ1v) is 6.66. The minimum Gasteiger partial charge on any atom is -0.318 e. The highest BCUT2D eigenvalue weighted by Gasteiger charge is 2.31. The highest BCUT2D eigenvalue weighted by Crippen LogP contribution is 2.32. The van der Waals surface area contributed by atoms with Crippen molar-refractivity contribution in [3.63, 3.8) is 0 Å². The van der Waals surface area contributed by atoms with E-state index < -0.39 is 0 Å². The number of nitrogens with zero attached hydrogens (tertiary/aromatic N) is 2. The number of rotatable bonds is 1. The molecule has 102 valence electrons. The van der Waals surface area contributed by atoms with Crippen LogP contribution in [0.5, 0.6) is 0 Å². The predicted molar refractivity (Wildman–Crippen MR) is 78.1 cm³/mol. The van der Waals surface area contributed by atoms with Gasteiger partial charge in [0.2, 0.25) is 5.56 Å². The van der Waals surface area contributed by atoms with Crippen molar-refractivity contribution in [1.29, 1.82) is 0 Å². The van der Waals surface area contributed by atoms with Gasteiger partial charge in [0.15, 0.2) is 0 Å². The number of aryl methyl sites for hydroxylation is 1. The minimum absolute atomic E-state index is 0.0574. The van der Waals surface area contributed by atoms with Crippen molar-refractivity contribution in [3.05, 3.63) is 64.1 Å². The summed E-state index contributed by atoms with van der Waals surface area (Å²) in [5.74, 6) is -0.0574. The summed E-state index contributed by atoms with van der Waals surface area (Å²) in [6, 6.07) is 11.1. The van der Waals surface area contributed by atoms with Gasteiger partial charge in [-0.25, -0.2) is 0 Å². The smallest absolute Gasteiger partial charge is 0.260 e.